The quantitative estimate of drug-likeness (QED) is 0.626. The molecule has 0 unspecified atom stereocenters. The van der Waals surface area contributed by atoms with E-state index in [2.05, 4.69) is 0 Å². The molecule has 0 saturated carbocycles. The number of carbonyl (C=O) groups excluding carboxylic acids is 2. The molecule has 2 heteroatoms. The monoisotopic (exact) mass is 188 g/mol. The van der Waals surface area contributed by atoms with Crippen LogP contribution in [0.15, 0.2) is 12.1 Å². The molecule has 0 aromatic heterocycles. The summed E-state index contributed by atoms with van der Waals surface area (Å²) in [5, 5.41) is 0. The zero-order chi connectivity index (χ0) is 10.3. The predicted octanol–water partition coefficient (Wildman–Crippen LogP) is 2.46. The molecular weight excluding hydrogens is 176 g/mol. The molecule has 0 amide bonds. The third-order valence-electron chi connectivity index (χ3n) is 2.76. The van der Waals surface area contributed by atoms with Crippen molar-refractivity contribution in [2.75, 3.05) is 0 Å². The van der Waals surface area contributed by atoms with Gasteiger partial charge in [0.15, 0.2) is 11.6 Å². The van der Waals surface area contributed by atoms with E-state index >= 15 is 0 Å². The van der Waals surface area contributed by atoms with Crippen LogP contribution < -0.4 is 0 Å². The van der Waals surface area contributed by atoms with E-state index in [9.17, 15) is 9.59 Å². The molecule has 0 aliphatic heterocycles. The summed E-state index contributed by atoms with van der Waals surface area (Å²) in [4.78, 5) is 23.3. The SMILES string of the molecule is Cc1ccc(C)c2c1C(=O)CCC2=O. The van der Waals surface area contributed by atoms with Crippen LogP contribution in [0.3, 0.4) is 0 Å². The summed E-state index contributed by atoms with van der Waals surface area (Å²) in [6.07, 6.45) is 0.742. The number of Topliss-reactive ketones (excluding diaryl/α,β-unsaturated/α-hetero) is 2. The van der Waals surface area contributed by atoms with Crippen LogP contribution in [0.5, 0.6) is 0 Å². The van der Waals surface area contributed by atoms with Crippen LogP contribution in [0, 0.1) is 13.8 Å². The highest BCUT2D eigenvalue weighted by molar-refractivity contribution is 6.15. The number of aryl methyl sites for hydroxylation is 2. The van der Waals surface area contributed by atoms with Crippen LogP contribution in [0.1, 0.15) is 44.7 Å². The van der Waals surface area contributed by atoms with Gasteiger partial charge in [-0.15, -0.1) is 0 Å². The van der Waals surface area contributed by atoms with Gasteiger partial charge in [0.05, 0.1) is 0 Å². The Labute approximate surface area is 82.9 Å². The van der Waals surface area contributed by atoms with Crippen molar-refractivity contribution in [1.82, 2.24) is 0 Å². The fraction of sp³-hybridized carbons (Fsp3) is 0.333. The predicted molar refractivity (Wildman–Crippen MR) is 53.8 cm³/mol. The molecule has 14 heavy (non-hydrogen) atoms. The first-order valence-electron chi connectivity index (χ1n) is 4.78. The Hall–Kier alpha value is -1.44. The number of fused-ring (bicyclic) bond motifs is 1. The average molecular weight is 188 g/mol. The zero-order valence-corrected chi connectivity index (χ0v) is 8.39. The number of hydrogen-bond acceptors (Lipinski definition) is 2. The fourth-order valence-electron chi connectivity index (χ4n) is 2.01. The van der Waals surface area contributed by atoms with Crippen LogP contribution in [-0.4, -0.2) is 11.6 Å². The largest absolute Gasteiger partial charge is 0.294 e. The van der Waals surface area contributed by atoms with Gasteiger partial charge in [0.25, 0.3) is 0 Å². The Morgan fingerprint density at radius 1 is 0.857 bits per heavy atom. The molecule has 0 radical (unpaired) electrons. The summed E-state index contributed by atoms with van der Waals surface area (Å²) in [5.74, 6) is 0.224. The van der Waals surface area contributed by atoms with Gasteiger partial charge in [0.2, 0.25) is 0 Å². The Kier molecular flexibility index (Phi) is 1.99. The highest BCUT2D eigenvalue weighted by Crippen LogP contribution is 2.26. The minimum Gasteiger partial charge on any atom is -0.294 e. The number of hydrogen-bond donors (Lipinski definition) is 0. The van der Waals surface area contributed by atoms with Crippen LogP contribution in [0.2, 0.25) is 0 Å². The third-order valence-corrected chi connectivity index (χ3v) is 2.76. The second-order valence-electron chi connectivity index (χ2n) is 3.80. The van der Waals surface area contributed by atoms with Crippen LogP contribution in [0.25, 0.3) is 0 Å². The second kappa shape index (κ2) is 3.05. The first kappa shape index (κ1) is 9.13. The van der Waals surface area contributed by atoms with Crippen LogP contribution in [-0.2, 0) is 0 Å². The summed E-state index contributed by atoms with van der Waals surface area (Å²) in [6, 6.07) is 3.81. The molecule has 2 nitrogen and oxygen atoms in total. The van der Waals surface area contributed by atoms with E-state index in [4.69, 9.17) is 0 Å². The van der Waals surface area contributed by atoms with Crippen molar-refractivity contribution < 1.29 is 9.59 Å². The van der Waals surface area contributed by atoms with E-state index in [1.165, 1.54) is 0 Å². The molecule has 0 bridgehead atoms. The van der Waals surface area contributed by atoms with Crippen molar-refractivity contribution in [3.63, 3.8) is 0 Å². The lowest BCUT2D eigenvalue weighted by atomic mass is 9.84. The Morgan fingerprint density at radius 3 is 1.57 bits per heavy atom. The van der Waals surface area contributed by atoms with E-state index in [1.807, 2.05) is 26.0 Å². The molecule has 0 fully saturated rings. The number of carbonyl (C=O) groups is 2. The van der Waals surface area contributed by atoms with Gasteiger partial charge in [0, 0.05) is 24.0 Å². The lowest BCUT2D eigenvalue weighted by Gasteiger charge is -2.17. The molecule has 1 aliphatic carbocycles. The maximum Gasteiger partial charge on any atom is 0.164 e. The Morgan fingerprint density at radius 2 is 1.21 bits per heavy atom. The zero-order valence-electron chi connectivity index (χ0n) is 8.39. The summed E-state index contributed by atoms with van der Waals surface area (Å²) >= 11 is 0. The molecule has 72 valence electrons. The van der Waals surface area contributed by atoms with E-state index in [0.29, 0.717) is 24.0 Å². The van der Waals surface area contributed by atoms with Gasteiger partial charge in [0.1, 0.15) is 0 Å². The van der Waals surface area contributed by atoms with E-state index in [1.54, 1.807) is 0 Å². The van der Waals surface area contributed by atoms with Gasteiger partial charge < -0.3 is 0 Å². The maximum absolute atomic E-state index is 11.7. The van der Waals surface area contributed by atoms with Crippen LogP contribution >= 0.6 is 0 Å². The molecule has 0 spiro atoms. The molecule has 1 aromatic rings. The van der Waals surface area contributed by atoms with Crippen molar-refractivity contribution in [2.45, 2.75) is 26.7 Å². The first-order chi connectivity index (χ1) is 6.61. The van der Waals surface area contributed by atoms with Gasteiger partial charge in [-0.25, -0.2) is 0 Å². The highest BCUT2D eigenvalue weighted by Gasteiger charge is 2.26. The Balaban J connectivity index is 2.77. The molecule has 2 rings (SSSR count). The minimum atomic E-state index is 0.112. The van der Waals surface area contributed by atoms with E-state index in [0.717, 1.165) is 11.1 Å². The molecule has 0 atom stereocenters. The van der Waals surface area contributed by atoms with Gasteiger partial charge in [-0.05, 0) is 25.0 Å². The molecule has 0 saturated heterocycles. The van der Waals surface area contributed by atoms with E-state index in [-0.39, 0.29) is 11.6 Å². The third kappa shape index (κ3) is 1.18. The lowest BCUT2D eigenvalue weighted by molar-refractivity contribution is 0.0889. The number of ketones is 2. The van der Waals surface area contributed by atoms with Gasteiger partial charge in [-0.3, -0.25) is 9.59 Å². The van der Waals surface area contributed by atoms with Crippen LogP contribution in [0.4, 0.5) is 0 Å². The standard InChI is InChI=1S/C12H12O2/c1-7-3-4-8(2)12-10(14)6-5-9(13)11(7)12/h3-4H,5-6H2,1-2H3. The summed E-state index contributed by atoms with van der Waals surface area (Å²) in [7, 11) is 0. The maximum atomic E-state index is 11.7. The van der Waals surface area contributed by atoms with Gasteiger partial charge >= 0.3 is 0 Å². The fourth-order valence-corrected chi connectivity index (χ4v) is 2.01. The first-order valence-corrected chi connectivity index (χ1v) is 4.78. The van der Waals surface area contributed by atoms with Gasteiger partial charge in [-0.2, -0.15) is 0 Å². The highest BCUT2D eigenvalue weighted by atomic mass is 16.1. The average Bonchev–Trinajstić information content (AvgIpc) is 2.16. The normalized spacial score (nSPS) is 15.6. The summed E-state index contributed by atoms with van der Waals surface area (Å²) in [5.41, 5.74) is 3.15. The molecule has 0 heterocycles. The van der Waals surface area contributed by atoms with Crippen molar-refractivity contribution in [2.24, 2.45) is 0 Å². The van der Waals surface area contributed by atoms with Gasteiger partial charge in [-0.1, -0.05) is 12.1 Å². The van der Waals surface area contributed by atoms with Crippen molar-refractivity contribution >= 4 is 11.6 Å². The van der Waals surface area contributed by atoms with Crippen molar-refractivity contribution in [3.8, 4) is 0 Å². The summed E-state index contributed by atoms with van der Waals surface area (Å²) < 4.78 is 0. The molecular formula is C12H12O2. The molecule has 0 N–H and O–H groups in total. The second-order valence-corrected chi connectivity index (χ2v) is 3.80. The van der Waals surface area contributed by atoms with Crippen molar-refractivity contribution in [1.29, 1.82) is 0 Å². The van der Waals surface area contributed by atoms with Crippen molar-refractivity contribution in [3.05, 3.63) is 34.4 Å². The molecule has 1 aromatic carbocycles. The minimum absolute atomic E-state index is 0.112. The Bertz CT molecular complexity index is 389. The number of rotatable bonds is 0. The number of benzene rings is 1. The lowest BCUT2D eigenvalue weighted by Crippen LogP contribution is -2.19. The van der Waals surface area contributed by atoms with E-state index < -0.39 is 0 Å². The summed E-state index contributed by atoms with van der Waals surface area (Å²) in [6.45, 7) is 3.77. The smallest absolute Gasteiger partial charge is 0.164 e. The topological polar surface area (TPSA) is 34.1 Å². The molecule has 1 aliphatic rings.